The molecular weight excluding hydrogens is 366 g/mol. The summed E-state index contributed by atoms with van der Waals surface area (Å²) in [6, 6.07) is 11.8. The summed E-state index contributed by atoms with van der Waals surface area (Å²) in [7, 11) is -3.59. The molecule has 0 amide bonds. The lowest BCUT2D eigenvalue weighted by molar-refractivity contribution is 0.529. The van der Waals surface area contributed by atoms with Crippen LogP contribution in [0.1, 0.15) is 17.5 Å². The molecule has 1 aromatic carbocycles. The first-order chi connectivity index (χ1) is 12.9. The number of aromatic nitrogens is 2. The quantitative estimate of drug-likeness (QED) is 0.629. The van der Waals surface area contributed by atoms with Crippen LogP contribution in [0.2, 0.25) is 0 Å². The first-order valence-electron chi connectivity index (χ1n) is 8.56. The molecule has 7 nitrogen and oxygen atoms in total. The minimum Gasteiger partial charge on any atom is -0.463 e. The van der Waals surface area contributed by atoms with Gasteiger partial charge in [-0.15, -0.1) is 0 Å². The van der Waals surface area contributed by atoms with Crippen LogP contribution in [0.5, 0.6) is 0 Å². The van der Waals surface area contributed by atoms with E-state index in [4.69, 9.17) is 4.42 Å². The van der Waals surface area contributed by atoms with Crippen LogP contribution in [0.4, 0.5) is 0 Å². The Labute approximate surface area is 157 Å². The van der Waals surface area contributed by atoms with Crippen molar-refractivity contribution >= 4 is 10.0 Å². The van der Waals surface area contributed by atoms with Gasteiger partial charge in [0.05, 0.1) is 11.2 Å². The van der Waals surface area contributed by atoms with Gasteiger partial charge in [-0.25, -0.2) is 17.8 Å². The smallest absolute Gasteiger partial charge is 0.266 e. The lowest BCUT2D eigenvalue weighted by Gasteiger charge is -2.10. The van der Waals surface area contributed by atoms with Gasteiger partial charge in [0.2, 0.25) is 10.0 Å². The molecule has 0 aliphatic heterocycles. The minimum absolute atomic E-state index is 0.203. The first-order valence-corrected chi connectivity index (χ1v) is 10.0. The van der Waals surface area contributed by atoms with Gasteiger partial charge in [-0.1, -0.05) is 12.1 Å². The highest BCUT2D eigenvalue weighted by molar-refractivity contribution is 7.89. The monoisotopic (exact) mass is 387 g/mol. The van der Waals surface area contributed by atoms with Crippen molar-refractivity contribution in [3.05, 3.63) is 70.2 Å². The van der Waals surface area contributed by atoms with Crippen molar-refractivity contribution in [2.24, 2.45) is 0 Å². The average Bonchev–Trinajstić information content (AvgIpc) is 3.16. The molecule has 0 bridgehead atoms. The topological polar surface area (TPSA) is 94.2 Å². The summed E-state index contributed by atoms with van der Waals surface area (Å²) >= 11 is 0. The highest BCUT2D eigenvalue weighted by Crippen LogP contribution is 2.17. The number of rotatable bonds is 7. The number of hydrogen-bond acceptors (Lipinski definition) is 5. The van der Waals surface area contributed by atoms with Crippen LogP contribution in [0.25, 0.3) is 11.5 Å². The van der Waals surface area contributed by atoms with Crippen LogP contribution in [0.15, 0.2) is 62.8 Å². The van der Waals surface area contributed by atoms with Crippen molar-refractivity contribution in [1.29, 1.82) is 0 Å². The van der Waals surface area contributed by atoms with E-state index in [0.717, 1.165) is 5.56 Å². The molecular formula is C19H21N3O4S. The molecule has 1 N–H and O–H groups in total. The van der Waals surface area contributed by atoms with Gasteiger partial charge < -0.3 is 4.42 Å². The van der Waals surface area contributed by atoms with Crippen LogP contribution in [-0.4, -0.2) is 24.7 Å². The second-order valence-corrected chi connectivity index (χ2v) is 8.01. The Morgan fingerprint density at radius 3 is 2.70 bits per heavy atom. The maximum Gasteiger partial charge on any atom is 0.266 e. The molecule has 27 heavy (non-hydrogen) atoms. The van der Waals surface area contributed by atoms with Gasteiger partial charge in [0.25, 0.3) is 5.56 Å². The number of nitrogens with zero attached hydrogens (tertiary/aromatic N) is 2. The molecule has 0 aliphatic carbocycles. The molecule has 0 atom stereocenters. The SMILES string of the molecule is Cc1ccc(C)c(S(=O)(=O)NCCCn2nc(-c3ccco3)ccc2=O)c1. The molecule has 2 aromatic heterocycles. The zero-order valence-corrected chi connectivity index (χ0v) is 16.0. The molecule has 0 fully saturated rings. The summed E-state index contributed by atoms with van der Waals surface area (Å²) in [5.41, 5.74) is 1.88. The highest BCUT2D eigenvalue weighted by Gasteiger charge is 2.16. The van der Waals surface area contributed by atoms with E-state index >= 15 is 0 Å². The average molecular weight is 387 g/mol. The fourth-order valence-corrected chi connectivity index (χ4v) is 4.08. The van der Waals surface area contributed by atoms with E-state index in [2.05, 4.69) is 9.82 Å². The minimum atomic E-state index is -3.59. The highest BCUT2D eigenvalue weighted by atomic mass is 32.2. The van der Waals surface area contributed by atoms with Crippen molar-refractivity contribution in [2.75, 3.05) is 6.54 Å². The molecule has 3 rings (SSSR count). The lowest BCUT2D eigenvalue weighted by Crippen LogP contribution is -2.28. The summed E-state index contributed by atoms with van der Waals surface area (Å²) in [5.74, 6) is 0.569. The van der Waals surface area contributed by atoms with Crippen molar-refractivity contribution < 1.29 is 12.8 Å². The van der Waals surface area contributed by atoms with Gasteiger partial charge in [-0.3, -0.25) is 4.79 Å². The molecule has 2 heterocycles. The standard InChI is InChI=1S/C19H21N3O4S/c1-14-6-7-15(2)18(13-14)27(24,25)20-10-4-11-22-19(23)9-8-16(21-22)17-5-3-12-26-17/h3,5-9,12-13,20H,4,10-11H2,1-2H3. The summed E-state index contributed by atoms with van der Waals surface area (Å²) in [6.07, 6.45) is 1.97. The van der Waals surface area contributed by atoms with Gasteiger partial charge in [-0.2, -0.15) is 5.10 Å². The molecule has 142 valence electrons. The fourth-order valence-electron chi connectivity index (χ4n) is 2.67. The first kappa shape index (κ1) is 19.1. The number of hydrogen-bond donors (Lipinski definition) is 1. The van der Waals surface area contributed by atoms with Crippen molar-refractivity contribution in [3.8, 4) is 11.5 Å². The van der Waals surface area contributed by atoms with E-state index < -0.39 is 10.0 Å². The predicted octanol–water partition coefficient (Wildman–Crippen LogP) is 2.49. The van der Waals surface area contributed by atoms with Crippen LogP contribution in [0, 0.1) is 13.8 Å². The van der Waals surface area contributed by atoms with Crippen LogP contribution in [0.3, 0.4) is 0 Å². The molecule has 0 radical (unpaired) electrons. The summed E-state index contributed by atoms with van der Waals surface area (Å²) in [4.78, 5) is 12.2. The van der Waals surface area contributed by atoms with Gasteiger partial charge in [0, 0.05) is 19.2 Å². The molecule has 3 aromatic rings. The second kappa shape index (κ2) is 7.89. The number of aryl methyl sites for hydroxylation is 3. The molecule has 0 saturated heterocycles. The Balaban J connectivity index is 1.64. The lowest BCUT2D eigenvalue weighted by atomic mass is 10.2. The van der Waals surface area contributed by atoms with E-state index in [9.17, 15) is 13.2 Å². The van der Waals surface area contributed by atoms with Crippen molar-refractivity contribution in [2.45, 2.75) is 31.7 Å². The normalized spacial score (nSPS) is 11.6. The van der Waals surface area contributed by atoms with E-state index in [0.29, 0.717) is 30.0 Å². The largest absolute Gasteiger partial charge is 0.463 e. The fraction of sp³-hybridized carbons (Fsp3) is 0.263. The third-order valence-corrected chi connectivity index (χ3v) is 5.72. The van der Waals surface area contributed by atoms with E-state index in [-0.39, 0.29) is 17.0 Å². The molecule has 0 aliphatic rings. The van der Waals surface area contributed by atoms with Crippen molar-refractivity contribution in [1.82, 2.24) is 14.5 Å². The number of sulfonamides is 1. The summed E-state index contributed by atoms with van der Waals surface area (Å²) in [5, 5.41) is 4.27. The zero-order chi connectivity index (χ0) is 19.4. The molecule has 8 heteroatoms. The number of furan rings is 1. The third-order valence-electron chi connectivity index (χ3n) is 4.11. The third kappa shape index (κ3) is 4.53. The van der Waals surface area contributed by atoms with E-state index in [1.54, 1.807) is 37.3 Å². The Kier molecular flexibility index (Phi) is 5.57. The molecule has 0 spiro atoms. The Morgan fingerprint density at radius 2 is 1.96 bits per heavy atom. The second-order valence-electron chi connectivity index (χ2n) is 6.28. The van der Waals surface area contributed by atoms with Crippen LogP contribution < -0.4 is 10.3 Å². The van der Waals surface area contributed by atoms with Gasteiger partial charge in [0.1, 0.15) is 5.69 Å². The maximum atomic E-state index is 12.5. The van der Waals surface area contributed by atoms with Crippen LogP contribution in [-0.2, 0) is 16.6 Å². The summed E-state index contributed by atoms with van der Waals surface area (Å²) < 4.78 is 34.2. The van der Waals surface area contributed by atoms with Gasteiger partial charge in [0.15, 0.2) is 5.76 Å². The van der Waals surface area contributed by atoms with Crippen molar-refractivity contribution in [3.63, 3.8) is 0 Å². The van der Waals surface area contributed by atoms with Crippen LogP contribution >= 0.6 is 0 Å². The number of benzene rings is 1. The maximum absolute atomic E-state index is 12.5. The van der Waals surface area contributed by atoms with Gasteiger partial charge in [-0.05, 0) is 55.7 Å². The Bertz CT molecular complexity index is 1090. The Morgan fingerprint density at radius 1 is 1.15 bits per heavy atom. The van der Waals surface area contributed by atoms with Gasteiger partial charge >= 0.3 is 0 Å². The molecule has 0 saturated carbocycles. The molecule has 0 unspecified atom stereocenters. The van der Waals surface area contributed by atoms with E-state index in [1.165, 1.54) is 17.0 Å². The zero-order valence-electron chi connectivity index (χ0n) is 15.2. The number of nitrogens with one attached hydrogen (secondary N) is 1. The summed E-state index contributed by atoms with van der Waals surface area (Å²) in [6.45, 7) is 4.11. The van der Waals surface area contributed by atoms with E-state index in [1.807, 2.05) is 13.0 Å². The predicted molar refractivity (Wildman–Crippen MR) is 102 cm³/mol. The Hall–Kier alpha value is -2.71.